The maximum atomic E-state index is 2.67. The van der Waals surface area contributed by atoms with Crippen LogP contribution in [0, 0.1) is 94.7 Å². The van der Waals surface area contributed by atoms with Crippen molar-refractivity contribution in [2.75, 3.05) is 0 Å². The lowest BCUT2D eigenvalue weighted by Gasteiger charge is -2.51. The van der Waals surface area contributed by atoms with Crippen molar-refractivity contribution in [1.82, 2.24) is 0 Å². The molecule has 34 heavy (non-hydrogen) atoms. The first kappa shape index (κ1) is 34.0. The Morgan fingerprint density at radius 3 is 0.676 bits per heavy atom. The summed E-state index contributed by atoms with van der Waals surface area (Å²) in [5, 5.41) is 0. The van der Waals surface area contributed by atoms with Gasteiger partial charge in [0.1, 0.15) is 0 Å². The molecule has 0 amide bonds. The fraction of sp³-hybridized carbons (Fsp3) is 1.00. The molecule has 0 saturated carbocycles. The lowest BCUT2D eigenvalue weighted by molar-refractivity contribution is -0.0295. The quantitative estimate of drug-likeness (QED) is 0.219. The van der Waals surface area contributed by atoms with Gasteiger partial charge in [-0.25, -0.2) is 0 Å². The highest BCUT2D eigenvalue weighted by atomic mass is 14.5. The third-order valence-corrected chi connectivity index (χ3v) is 10.5. The molecule has 0 bridgehead atoms. The Morgan fingerprint density at radius 1 is 0.176 bits per heavy atom. The highest BCUT2D eigenvalue weighted by Crippen LogP contribution is 2.51. The molecule has 0 saturated heterocycles. The largest absolute Gasteiger partial charge is 0.0625 e. The van der Waals surface area contributed by atoms with Gasteiger partial charge in [-0.3, -0.25) is 0 Å². The van der Waals surface area contributed by atoms with Gasteiger partial charge in [0, 0.05) is 0 Å². The van der Waals surface area contributed by atoms with Crippen LogP contribution in [0.2, 0.25) is 0 Å². The SMILES string of the molecule is CC(C)C(C)C(C(C)C)C(C(C)C(C)C)C(C)C(C(C)C)C(C)C(C(C)C)C(C(C)C)C(C)C. The van der Waals surface area contributed by atoms with Crippen LogP contribution in [0.15, 0.2) is 0 Å². The molecule has 0 aliphatic carbocycles. The van der Waals surface area contributed by atoms with Crippen LogP contribution in [0.1, 0.15) is 125 Å². The summed E-state index contributed by atoms with van der Waals surface area (Å²) in [6.45, 7) is 45.3. The molecule has 0 heteroatoms. The second-order valence-corrected chi connectivity index (χ2v) is 15.0. The molecule has 0 radical (unpaired) electrons. The molecule has 0 aromatic carbocycles. The molecule has 0 heterocycles. The molecule has 0 aromatic heterocycles. The van der Waals surface area contributed by atoms with E-state index in [0.29, 0.717) is 0 Å². The Hall–Kier alpha value is 0. The summed E-state index contributed by atoms with van der Waals surface area (Å²) in [5.41, 5.74) is 0. The lowest BCUT2D eigenvalue weighted by Crippen LogP contribution is -2.46. The molecule has 0 fully saturated rings. The average Bonchev–Trinajstić information content (AvgIpc) is 2.66. The molecule has 0 aliphatic heterocycles. The summed E-state index contributed by atoms with van der Waals surface area (Å²) >= 11 is 0. The van der Waals surface area contributed by atoms with Gasteiger partial charge in [0.2, 0.25) is 0 Å². The zero-order valence-corrected chi connectivity index (χ0v) is 27.2. The van der Waals surface area contributed by atoms with Gasteiger partial charge in [0.25, 0.3) is 0 Å². The van der Waals surface area contributed by atoms with E-state index in [2.05, 4.69) is 125 Å². The minimum absolute atomic E-state index is 0.718. The van der Waals surface area contributed by atoms with Crippen molar-refractivity contribution < 1.29 is 0 Å². The van der Waals surface area contributed by atoms with Crippen LogP contribution < -0.4 is 0 Å². The van der Waals surface area contributed by atoms with Gasteiger partial charge in [0.15, 0.2) is 0 Å². The van der Waals surface area contributed by atoms with E-state index in [1.165, 1.54) is 0 Å². The van der Waals surface area contributed by atoms with Crippen LogP contribution in [-0.2, 0) is 0 Å². The normalized spacial score (nSPS) is 20.6. The lowest BCUT2D eigenvalue weighted by atomic mass is 9.54. The maximum absolute atomic E-state index is 2.67. The van der Waals surface area contributed by atoms with E-state index in [9.17, 15) is 0 Å². The molecular formula is C34H70. The van der Waals surface area contributed by atoms with Gasteiger partial charge in [-0.15, -0.1) is 0 Å². The smallest absolute Gasteiger partial charge is 0.0324 e. The first-order chi connectivity index (χ1) is 15.4. The van der Waals surface area contributed by atoms with E-state index in [0.717, 1.165) is 94.7 Å². The van der Waals surface area contributed by atoms with Gasteiger partial charge in [-0.1, -0.05) is 125 Å². The Kier molecular flexibility index (Phi) is 14.7. The van der Waals surface area contributed by atoms with Crippen molar-refractivity contribution in [3.05, 3.63) is 0 Å². The first-order valence-electron chi connectivity index (χ1n) is 15.4. The monoisotopic (exact) mass is 479 g/mol. The second-order valence-electron chi connectivity index (χ2n) is 15.0. The molecule has 206 valence electrons. The van der Waals surface area contributed by atoms with Crippen molar-refractivity contribution in [2.24, 2.45) is 94.7 Å². The summed E-state index contributed by atoms with van der Waals surface area (Å²) < 4.78 is 0. The van der Waals surface area contributed by atoms with Crippen LogP contribution >= 0.6 is 0 Å². The third-order valence-electron chi connectivity index (χ3n) is 10.5. The minimum Gasteiger partial charge on any atom is -0.0625 e. The average molecular weight is 479 g/mol. The second kappa shape index (κ2) is 14.7. The van der Waals surface area contributed by atoms with E-state index in [4.69, 9.17) is 0 Å². The van der Waals surface area contributed by atoms with E-state index < -0.39 is 0 Å². The summed E-state index contributed by atoms with van der Waals surface area (Å²) in [6, 6.07) is 0. The van der Waals surface area contributed by atoms with E-state index in [1.807, 2.05) is 0 Å². The summed E-state index contributed by atoms with van der Waals surface area (Å²) in [6.07, 6.45) is 0. The van der Waals surface area contributed by atoms with Crippen LogP contribution in [0.4, 0.5) is 0 Å². The fourth-order valence-corrected chi connectivity index (χ4v) is 8.74. The summed E-state index contributed by atoms with van der Waals surface area (Å²) in [7, 11) is 0. The van der Waals surface area contributed by atoms with Crippen LogP contribution in [-0.4, -0.2) is 0 Å². The van der Waals surface area contributed by atoms with Gasteiger partial charge in [0.05, 0.1) is 0 Å². The Labute approximate surface area is 219 Å². The molecule has 0 N–H and O–H groups in total. The van der Waals surface area contributed by atoms with Crippen molar-refractivity contribution in [3.8, 4) is 0 Å². The summed E-state index contributed by atoms with van der Waals surface area (Å²) in [4.78, 5) is 0. The topological polar surface area (TPSA) is 0 Å². The minimum atomic E-state index is 0.718. The van der Waals surface area contributed by atoms with E-state index in [-0.39, 0.29) is 0 Å². The predicted octanol–water partition coefficient (Wildman–Crippen LogP) is 11.2. The number of rotatable bonds is 15. The standard InChI is InChI=1S/C34H70/c1-19(2)26(15)32(24(11)12)34(27(16)20(3)4)29(18)31(23(9)10)28(17)33(25(13)14)30(21(5)6)22(7)8/h19-34H,1-18H3. The summed E-state index contributed by atoms with van der Waals surface area (Å²) in [5.74, 6) is 12.0. The Balaban J connectivity index is 6.69. The predicted molar refractivity (Wildman–Crippen MR) is 158 cm³/mol. The van der Waals surface area contributed by atoms with Crippen molar-refractivity contribution in [2.45, 2.75) is 125 Å². The van der Waals surface area contributed by atoms with Gasteiger partial charge in [-0.2, -0.15) is 0 Å². The van der Waals surface area contributed by atoms with Crippen molar-refractivity contribution in [3.63, 3.8) is 0 Å². The maximum Gasteiger partial charge on any atom is -0.0324 e. The van der Waals surface area contributed by atoms with Crippen molar-refractivity contribution >= 4 is 0 Å². The molecule has 0 spiro atoms. The molecule has 8 unspecified atom stereocenters. The first-order valence-corrected chi connectivity index (χ1v) is 15.4. The third kappa shape index (κ3) is 8.54. The Bertz CT molecular complexity index is 514. The van der Waals surface area contributed by atoms with Gasteiger partial charge in [-0.05, 0) is 94.7 Å². The van der Waals surface area contributed by atoms with E-state index in [1.54, 1.807) is 0 Å². The number of hydrogen-bond acceptors (Lipinski definition) is 0. The van der Waals surface area contributed by atoms with Gasteiger partial charge >= 0.3 is 0 Å². The molecule has 0 rings (SSSR count). The highest BCUT2D eigenvalue weighted by Gasteiger charge is 2.45. The fourth-order valence-electron chi connectivity index (χ4n) is 8.74. The van der Waals surface area contributed by atoms with Crippen molar-refractivity contribution in [1.29, 1.82) is 0 Å². The molecular weight excluding hydrogens is 408 g/mol. The Morgan fingerprint density at radius 2 is 0.412 bits per heavy atom. The zero-order valence-electron chi connectivity index (χ0n) is 27.2. The van der Waals surface area contributed by atoms with E-state index >= 15 is 0 Å². The van der Waals surface area contributed by atoms with Crippen LogP contribution in [0.3, 0.4) is 0 Å². The highest BCUT2D eigenvalue weighted by molar-refractivity contribution is 4.93. The molecule has 0 nitrogen and oxygen atoms in total. The van der Waals surface area contributed by atoms with Crippen LogP contribution in [0.5, 0.6) is 0 Å². The molecule has 8 atom stereocenters. The van der Waals surface area contributed by atoms with Crippen LogP contribution in [0.25, 0.3) is 0 Å². The zero-order chi connectivity index (χ0) is 27.2. The number of hydrogen-bond donors (Lipinski definition) is 0. The van der Waals surface area contributed by atoms with Gasteiger partial charge < -0.3 is 0 Å². The molecule has 0 aromatic rings. The molecule has 0 aliphatic rings.